The van der Waals surface area contributed by atoms with Crippen LogP contribution >= 0.6 is 0 Å². The van der Waals surface area contributed by atoms with Crippen molar-refractivity contribution in [3.63, 3.8) is 0 Å². The van der Waals surface area contributed by atoms with E-state index in [1.54, 1.807) is 0 Å². The first-order valence-corrected chi connectivity index (χ1v) is 8.28. The van der Waals surface area contributed by atoms with Gasteiger partial charge in [-0.2, -0.15) is 0 Å². The van der Waals surface area contributed by atoms with Crippen LogP contribution in [0.2, 0.25) is 0 Å². The van der Waals surface area contributed by atoms with Gasteiger partial charge in [0.2, 0.25) is 0 Å². The lowest BCUT2D eigenvalue weighted by atomic mass is 10.0. The number of benzene rings is 1. The molecule has 3 aromatic rings. The number of rotatable bonds is 2. The lowest BCUT2D eigenvalue weighted by molar-refractivity contribution is -0.110. The molecule has 0 unspecified atom stereocenters. The van der Waals surface area contributed by atoms with Gasteiger partial charge in [-0.05, 0) is 62.2 Å². The largest absolute Gasteiger partial charge is 0.359 e. The summed E-state index contributed by atoms with van der Waals surface area (Å²) >= 11 is 0. The molecule has 0 radical (unpaired) electrons. The summed E-state index contributed by atoms with van der Waals surface area (Å²) in [6.45, 7) is 6.07. The Labute approximate surface area is 146 Å². The fourth-order valence-electron chi connectivity index (χ4n) is 3.17. The first-order chi connectivity index (χ1) is 12.0. The summed E-state index contributed by atoms with van der Waals surface area (Å²) in [5.41, 5.74) is 8.63. The summed E-state index contributed by atoms with van der Waals surface area (Å²) in [5.74, 6) is -0.0735. The van der Waals surface area contributed by atoms with E-state index in [4.69, 9.17) is 0 Å². The van der Waals surface area contributed by atoms with Gasteiger partial charge in [0.15, 0.2) is 0 Å². The molecule has 1 amide bonds. The third-order valence-corrected chi connectivity index (χ3v) is 4.49. The first kappa shape index (κ1) is 15.4. The number of aromatic nitrogens is 2. The van der Waals surface area contributed by atoms with Crippen LogP contribution in [0.4, 0.5) is 5.69 Å². The number of amides is 1. The number of nitrogens with zero attached hydrogens (tertiary/aromatic N) is 1. The third kappa shape index (κ3) is 2.76. The Morgan fingerprint density at radius 3 is 2.56 bits per heavy atom. The zero-order valence-corrected chi connectivity index (χ0v) is 14.5. The number of pyridine rings is 1. The highest BCUT2D eigenvalue weighted by Gasteiger charge is 2.25. The monoisotopic (exact) mass is 329 g/mol. The Bertz CT molecular complexity index is 1010. The summed E-state index contributed by atoms with van der Waals surface area (Å²) < 4.78 is 0. The maximum absolute atomic E-state index is 12.4. The lowest BCUT2D eigenvalue weighted by Gasteiger charge is -2.05. The smallest absolute Gasteiger partial charge is 0.256 e. The average Bonchev–Trinajstić information content (AvgIpc) is 3.07. The van der Waals surface area contributed by atoms with Crippen LogP contribution < -0.4 is 5.32 Å². The lowest BCUT2D eigenvalue weighted by Crippen LogP contribution is -2.03. The molecule has 0 bridgehead atoms. The van der Waals surface area contributed by atoms with Crippen LogP contribution in [0.5, 0.6) is 0 Å². The molecule has 4 heteroatoms. The average molecular weight is 329 g/mol. The Kier molecular flexibility index (Phi) is 3.53. The van der Waals surface area contributed by atoms with Gasteiger partial charge in [0.1, 0.15) is 0 Å². The van der Waals surface area contributed by atoms with Crippen LogP contribution in [0.3, 0.4) is 0 Å². The topological polar surface area (TPSA) is 57.8 Å². The van der Waals surface area contributed by atoms with Gasteiger partial charge < -0.3 is 10.3 Å². The fourth-order valence-corrected chi connectivity index (χ4v) is 3.17. The Morgan fingerprint density at radius 1 is 1.04 bits per heavy atom. The molecule has 124 valence electrons. The van der Waals surface area contributed by atoms with Gasteiger partial charge in [0.25, 0.3) is 5.91 Å². The van der Waals surface area contributed by atoms with E-state index < -0.39 is 0 Å². The molecule has 4 nitrogen and oxygen atoms in total. The predicted octanol–water partition coefficient (Wildman–Crippen LogP) is 4.49. The third-order valence-electron chi connectivity index (χ3n) is 4.49. The van der Waals surface area contributed by atoms with E-state index >= 15 is 0 Å². The second kappa shape index (κ2) is 5.74. The highest BCUT2D eigenvalue weighted by Crippen LogP contribution is 2.36. The van der Waals surface area contributed by atoms with E-state index in [1.165, 1.54) is 0 Å². The number of hydrogen-bond acceptors (Lipinski definition) is 2. The fraction of sp³-hybridized carbons (Fsp3) is 0.143. The molecule has 1 aromatic carbocycles. The summed E-state index contributed by atoms with van der Waals surface area (Å²) in [6.07, 6.45) is 3.78. The first-order valence-electron chi connectivity index (χ1n) is 8.28. The van der Waals surface area contributed by atoms with Crippen LogP contribution in [-0.2, 0) is 4.79 Å². The molecule has 4 rings (SSSR count). The van der Waals surface area contributed by atoms with Gasteiger partial charge in [0.05, 0.1) is 11.3 Å². The van der Waals surface area contributed by atoms with Gasteiger partial charge in [0, 0.05) is 34.4 Å². The molecule has 0 atom stereocenters. The van der Waals surface area contributed by atoms with E-state index in [2.05, 4.69) is 21.4 Å². The molecule has 0 aliphatic carbocycles. The predicted molar refractivity (Wildman–Crippen MR) is 101 cm³/mol. The van der Waals surface area contributed by atoms with Crippen LogP contribution in [0.25, 0.3) is 22.9 Å². The number of anilines is 1. The molecule has 1 aliphatic rings. The molecule has 1 aliphatic heterocycles. The van der Waals surface area contributed by atoms with Crippen molar-refractivity contribution in [1.29, 1.82) is 0 Å². The molecular weight excluding hydrogens is 310 g/mol. The Morgan fingerprint density at radius 2 is 1.88 bits per heavy atom. The van der Waals surface area contributed by atoms with Crippen molar-refractivity contribution in [1.82, 2.24) is 9.97 Å². The summed E-state index contributed by atoms with van der Waals surface area (Å²) in [5, 5.41) is 2.94. The quantitative estimate of drug-likeness (QED) is 0.680. The van der Waals surface area contributed by atoms with Crippen LogP contribution in [0, 0.1) is 20.8 Å². The molecular formula is C21H19N3O. The number of aryl methyl sites for hydroxylation is 3. The molecule has 0 fully saturated rings. The number of carbonyl (C=O) groups excluding carboxylic acids is 1. The van der Waals surface area contributed by atoms with Crippen LogP contribution in [0.15, 0.2) is 42.6 Å². The molecule has 2 aromatic heterocycles. The number of hydrogen-bond donors (Lipinski definition) is 2. The van der Waals surface area contributed by atoms with Crippen LogP contribution in [-0.4, -0.2) is 15.9 Å². The minimum absolute atomic E-state index is 0.0735. The van der Waals surface area contributed by atoms with Crippen LogP contribution in [0.1, 0.15) is 28.1 Å². The van der Waals surface area contributed by atoms with Gasteiger partial charge in [-0.3, -0.25) is 9.78 Å². The molecule has 0 spiro atoms. The van der Waals surface area contributed by atoms with Crippen molar-refractivity contribution in [2.45, 2.75) is 20.8 Å². The maximum atomic E-state index is 12.4. The van der Waals surface area contributed by atoms with Gasteiger partial charge in [-0.15, -0.1) is 0 Å². The number of aromatic amines is 1. The summed E-state index contributed by atoms with van der Waals surface area (Å²) in [7, 11) is 0. The van der Waals surface area contributed by atoms with Gasteiger partial charge in [-0.25, -0.2) is 0 Å². The standard InChI is InChI=1S/C21H19N3O/c1-12-4-6-18(22-11-12)15-5-7-19-16(9-15)17(21(25)24-19)10-20-13(2)8-14(3)23-20/h4-11,23H,1-3H3,(H,24,25)/b17-10-. The number of nitrogens with one attached hydrogen (secondary N) is 2. The van der Waals surface area contributed by atoms with E-state index in [-0.39, 0.29) is 5.91 Å². The minimum Gasteiger partial charge on any atom is -0.359 e. The minimum atomic E-state index is -0.0735. The van der Waals surface area contributed by atoms with E-state index in [0.717, 1.165) is 45.0 Å². The van der Waals surface area contributed by atoms with Crippen molar-refractivity contribution in [3.05, 3.63) is 70.7 Å². The SMILES string of the molecule is Cc1ccc(-c2ccc3c(c2)/C(=C/c2[nH]c(C)cc2C)C(=O)N3)nc1. The van der Waals surface area contributed by atoms with Crippen molar-refractivity contribution in [3.8, 4) is 11.3 Å². The van der Waals surface area contributed by atoms with E-state index in [1.807, 2.05) is 63.4 Å². The number of fused-ring (bicyclic) bond motifs is 1. The van der Waals surface area contributed by atoms with Gasteiger partial charge in [-0.1, -0.05) is 12.1 Å². The zero-order valence-electron chi connectivity index (χ0n) is 14.5. The van der Waals surface area contributed by atoms with E-state index in [0.29, 0.717) is 5.57 Å². The molecule has 3 heterocycles. The second-order valence-corrected chi connectivity index (χ2v) is 6.54. The normalized spacial score (nSPS) is 14.7. The Hall–Kier alpha value is -3.14. The Balaban J connectivity index is 1.81. The molecule has 25 heavy (non-hydrogen) atoms. The summed E-state index contributed by atoms with van der Waals surface area (Å²) in [6, 6.07) is 12.1. The zero-order chi connectivity index (χ0) is 17.6. The summed E-state index contributed by atoms with van der Waals surface area (Å²) in [4.78, 5) is 20.2. The second-order valence-electron chi connectivity index (χ2n) is 6.54. The van der Waals surface area contributed by atoms with Crippen molar-refractivity contribution >= 4 is 23.2 Å². The number of carbonyl (C=O) groups is 1. The molecule has 0 saturated heterocycles. The van der Waals surface area contributed by atoms with Crippen molar-refractivity contribution < 1.29 is 4.79 Å². The maximum Gasteiger partial charge on any atom is 0.256 e. The van der Waals surface area contributed by atoms with E-state index in [9.17, 15) is 4.79 Å². The molecule has 0 saturated carbocycles. The molecule has 2 N–H and O–H groups in total. The number of H-pyrrole nitrogens is 1. The van der Waals surface area contributed by atoms with Gasteiger partial charge >= 0.3 is 0 Å². The highest BCUT2D eigenvalue weighted by atomic mass is 16.2. The highest BCUT2D eigenvalue weighted by molar-refractivity contribution is 6.35. The van der Waals surface area contributed by atoms with Crippen molar-refractivity contribution in [2.24, 2.45) is 0 Å². The van der Waals surface area contributed by atoms with Crippen molar-refractivity contribution in [2.75, 3.05) is 5.32 Å².